The average molecular weight is 385 g/mol. The van der Waals surface area contributed by atoms with Gasteiger partial charge in [0.05, 0.1) is 18.1 Å². The smallest absolute Gasteiger partial charge is 0.243 e. The fraction of sp³-hybridized carbons (Fsp3) is 0.294. The summed E-state index contributed by atoms with van der Waals surface area (Å²) >= 11 is 6.01. The number of halogens is 2. The highest BCUT2D eigenvalue weighted by Crippen LogP contribution is 2.23. The molecular formula is C17H18ClFN2O3S. The van der Waals surface area contributed by atoms with Gasteiger partial charge in [-0.1, -0.05) is 23.7 Å². The van der Waals surface area contributed by atoms with E-state index in [-0.39, 0.29) is 11.4 Å². The molecule has 1 heterocycles. The zero-order chi connectivity index (χ0) is 17.9. The Morgan fingerprint density at radius 1 is 1.16 bits per heavy atom. The maximum atomic E-state index is 13.8. The van der Waals surface area contributed by atoms with Gasteiger partial charge in [-0.2, -0.15) is 4.31 Å². The third-order valence-corrected chi connectivity index (χ3v) is 6.22. The van der Waals surface area contributed by atoms with Crippen LogP contribution in [0.3, 0.4) is 0 Å². The summed E-state index contributed by atoms with van der Waals surface area (Å²) in [5, 5.41) is 3.35. The summed E-state index contributed by atoms with van der Waals surface area (Å²) in [5.74, 6) is -0.405. The van der Waals surface area contributed by atoms with Gasteiger partial charge in [-0.25, -0.2) is 12.8 Å². The summed E-state index contributed by atoms with van der Waals surface area (Å²) in [7, 11) is -3.57. The van der Waals surface area contributed by atoms with Gasteiger partial charge in [0.1, 0.15) is 5.82 Å². The summed E-state index contributed by atoms with van der Waals surface area (Å²) in [5.41, 5.74) is 0.916. The van der Waals surface area contributed by atoms with Gasteiger partial charge in [0, 0.05) is 35.9 Å². The molecule has 0 spiro atoms. The van der Waals surface area contributed by atoms with Crippen molar-refractivity contribution < 1.29 is 17.5 Å². The average Bonchev–Trinajstić information content (AvgIpc) is 2.62. The molecule has 3 rings (SSSR count). The third-order valence-electron chi connectivity index (χ3n) is 3.97. The molecule has 0 amide bonds. The molecule has 0 aromatic heterocycles. The third kappa shape index (κ3) is 4.12. The number of rotatable bonds is 5. The number of anilines is 1. The second kappa shape index (κ2) is 7.70. The van der Waals surface area contributed by atoms with Crippen LogP contribution in [0, 0.1) is 5.82 Å². The van der Waals surface area contributed by atoms with Crippen molar-refractivity contribution in [2.75, 3.05) is 31.6 Å². The maximum Gasteiger partial charge on any atom is 0.243 e. The summed E-state index contributed by atoms with van der Waals surface area (Å²) in [6.07, 6.45) is 0. The first-order valence-corrected chi connectivity index (χ1v) is 9.65. The number of benzene rings is 2. The van der Waals surface area contributed by atoms with Crippen molar-refractivity contribution in [3.05, 3.63) is 58.9 Å². The molecule has 0 atom stereocenters. The van der Waals surface area contributed by atoms with E-state index < -0.39 is 15.8 Å². The van der Waals surface area contributed by atoms with E-state index in [4.69, 9.17) is 16.3 Å². The standard InChI is InChI=1S/C17H18ClFN2O3S/c18-16-5-2-6-17(19)15(16)12-20-13-3-1-4-14(11-13)25(22,23)21-7-9-24-10-8-21/h1-6,11,20H,7-10,12H2. The lowest BCUT2D eigenvalue weighted by molar-refractivity contribution is 0.0730. The van der Waals surface area contributed by atoms with Crippen LogP contribution >= 0.6 is 11.6 Å². The Labute approximate surface area is 151 Å². The summed E-state index contributed by atoms with van der Waals surface area (Å²) in [6.45, 7) is 1.62. The molecule has 1 fully saturated rings. The monoisotopic (exact) mass is 384 g/mol. The first-order chi connectivity index (χ1) is 12.0. The molecule has 1 N–H and O–H groups in total. The highest BCUT2D eigenvalue weighted by molar-refractivity contribution is 7.89. The van der Waals surface area contributed by atoms with Crippen LogP contribution in [0.15, 0.2) is 47.4 Å². The molecule has 5 nitrogen and oxygen atoms in total. The molecule has 0 aliphatic carbocycles. The quantitative estimate of drug-likeness (QED) is 0.860. The van der Waals surface area contributed by atoms with Crippen LogP contribution in [0.25, 0.3) is 0 Å². The van der Waals surface area contributed by atoms with Crippen LogP contribution < -0.4 is 5.32 Å². The van der Waals surface area contributed by atoms with Gasteiger partial charge in [-0.05, 0) is 30.3 Å². The van der Waals surface area contributed by atoms with Gasteiger partial charge in [0.2, 0.25) is 10.0 Å². The molecule has 0 saturated carbocycles. The van der Waals surface area contributed by atoms with Gasteiger partial charge in [-0.15, -0.1) is 0 Å². The first-order valence-electron chi connectivity index (χ1n) is 7.83. The lowest BCUT2D eigenvalue weighted by Crippen LogP contribution is -2.40. The predicted molar refractivity (Wildman–Crippen MR) is 94.8 cm³/mol. The molecule has 2 aromatic carbocycles. The molecule has 1 saturated heterocycles. The normalized spacial score (nSPS) is 15.9. The van der Waals surface area contributed by atoms with Gasteiger partial charge in [-0.3, -0.25) is 0 Å². The van der Waals surface area contributed by atoms with Crippen molar-refractivity contribution in [1.29, 1.82) is 0 Å². The number of sulfonamides is 1. The Balaban J connectivity index is 1.77. The van der Waals surface area contributed by atoms with Crippen LogP contribution in [-0.4, -0.2) is 39.0 Å². The summed E-state index contributed by atoms with van der Waals surface area (Å²) in [4.78, 5) is 0.194. The Bertz CT molecular complexity index is 834. The van der Waals surface area contributed by atoms with Gasteiger partial charge >= 0.3 is 0 Å². The maximum absolute atomic E-state index is 13.8. The number of hydrogen-bond acceptors (Lipinski definition) is 4. The fourth-order valence-corrected chi connectivity index (χ4v) is 4.28. The highest BCUT2D eigenvalue weighted by Gasteiger charge is 2.26. The van der Waals surface area contributed by atoms with Gasteiger partial charge < -0.3 is 10.1 Å². The predicted octanol–water partition coefficient (Wildman–Crippen LogP) is 3.11. The molecule has 0 bridgehead atoms. The zero-order valence-corrected chi connectivity index (χ0v) is 15.0. The minimum Gasteiger partial charge on any atom is -0.381 e. The number of nitrogens with zero attached hydrogens (tertiary/aromatic N) is 1. The Hall–Kier alpha value is -1.67. The number of nitrogens with one attached hydrogen (secondary N) is 1. The summed E-state index contributed by atoms with van der Waals surface area (Å²) < 4.78 is 45.8. The van der Waals surface area contributed by atoms with Crippen molar-refractivity contribution >= 4 is 27.3 Å². The van der Waals surface area contributed by atoms with E-state index in [1.807, 2.05) is 0 Å². The van der Waals surface area contributed by atoms with E-state index in [0.29, 0.717) is 42.6 Å². The molecule has 1 aliphatic rings. The van der Waals surface area contributed by atoms with Crippen molar-refractivity contribution in [1.82, 2.24) is 4.31 Å². The molecular weight excluding hydrogens is 367 g/mol. The van der Waals surface area contributed by atoms with Crippen molar-refractivity contribution in [3.8, 4) is 0 Å². The number of morpholine rings is 1. The van der Waals surface area contributed by atoms with Crippen LogP contribution in [0.2, 0.25) is 5.02 Å². The van der Waals surface area contributed by atoms with Crippen LogP contribution in [0.4, 0.5) is 10.1 Å². The largest absolute Gasteiger partial charge is 0.381 e. The van der Waals surface area contributed by atoms with E-state index in [9.17, 15) is 12.8 Å². The van der Waals surface area contributed by atoms with Gasteiger partial charge in [0.15, 0.2) is 0 Å². The Kier molecular flexibility index (Phi) is 5.58. The van der Waals surface area contributed by atoms with Crippen LogP contribution in [0.5, 0.6) is 0 Å². The SMILES string of the molecule is O=S(=O)(c1cccc(NCc2c(F)cccc2Cl)c1)N1CCOCC1. The Morgan fingerprint density at radius 3 is 2.60 bits per heavy atom. The molecule has 25 heavy (non-hydrogen) atoms. The fourth-order valence-electron chi connectivity index (χ4n) is 2.59. The number of ether oxygens (including phenoxy) is 1. The van der Waals surface area contributed by atoms with Crippen molar-refractivity contribution in [2.45, 2.75) is 11.4 Å². The summed E-state index contributed by atoms with van der Waals surface area (Å²) in [6, 6.07) is 11.0. The molecule has 2 aromatic rings. The minimum absolute atomic E-state index is 0.159. The lowest BCUT2D eigenvalue weighted by Gasteiger charge is -2.26. The highest BCUT2D eigenvalue weighted by atomic mass is 35.5. The van der Waals surface area contributed by atoms with Crippen molar-refractivity contribution in [3.63, 3.8) is 0 Å². The molecule has 8 heteroatoms. The minimum atomic E-state index is -3.57. The molecule has 0 unspecified atom stereocenters. The zero-order valence-electron chi connectivity index (χ0n) is 13.4. The second-order valence-electron chi connectivity index (χ2n) is 5.60. The van der Waals surface area contributed by atoms with Crippen molar-refractivity contribution in [2.24, 2.45) is 0 Å². The van der Waals surface area contributed by atoms with Crippen LogP contribution in [-0.2, 0) is 21.3 Å². The van der Waals surface area contributed by atoms with E-state index in [2.05, 4.69) is 5.32 Å². The first kappa shape index (κ1) is 18.1. The Morgan fingerprint density at radius 2 is 1.88 bits per heavy atom. The van der Waals surface area contributed by atoms with E-state index in [0.717, 1.165) is 0 Å². The number of hydrogen-bond donors (Lipinski definition) is 1. The second-order valence-corrected chi connectivity index (χ2v) is 7.94. The molecule has 0 radical (unpaired) electrons. The van der Waals surface area contributed by atoms with Gasteiger partial charge in [0.25, 0.3) is 0 Å². The van der Waals surface area contributed by atoms with E-state index >= 15 is 0 Å². The molecule has 1 aliphatic heterocycles. The van der Waals surface area contributed by atoms with E-state index in [1.165, 1.54) is 16.4 Å². The lowest BCUT2D eigenvalue weighted by atomic mass is 10.2. The molecule has 134 valence electrons. The van der Waals surface area contributed by atoms with E-state index in [1.54, 1.807) is 30.3 Å². The van der Waals surface area contributed by atoms with Crippen LogP contribution in [0.1, 0.15) is 5.56 Å². The topological polar surface area (TPSA) is 58.6 Å².